The van der Waals surface area contributed by atoms with Crippen molar-refractivity contribution in [3.63, 3.8) is 0 Å². The largest absolute Gasteiger partial charge is 0.444 e. The molecule has 0 spiro atoms. The number of amides is 3. The molecule has 3 heterocycles. The standard InChI is InChI=1S/C32H40ClN6O5P/c1-19(2)20-11-9-10-12-22(20)32(29(41)37-24-15-35-26(33)13-21(24)28(40)34-6)17-39(18-32)27-14-23(25(16-36-27)45(7,8)43)38-30(42)44-31(3,4)5/h9-16,19H,17-18H2,1-8H3,(H,34,40)(H,37,41)(H,36,38,42). The lowest BCUT2D eigenvalue weighted by Crippen LogP contribution is -2.66. The molecule has 1 aliphatic heterocycles. The zero-order valence-corrected chi connectivity index (χ0v) is 28.5. The van der Waals surface area contributed by atoms with Crippen LogP contribution in [0.25, 0.3) is 0 Å². The first kappa shape index (κ1) is 33.9. The zero-order valence-electron chi connectivity index (χ0n) is 26.8. The van der Waals surface area contributed by atoms with Crippen molar-refractivity contribution in [2.75, 3.05) is 49.0 Å². The molecule has 3 N–H and O–H groups in total. The van der Waals surface area contributed by atoms with Crippen molar-refractivity contribution in [3.8, 4) is 0 Å². The van der Waals surface area contributed by atoms with E-state index in [2.05, 4.69) is 39.8 Å². The summed E-state index contributed by atoms with van der Waals surface area (Å²) in [6, 6.07) is 10.9. The summed E-state index contributed by atoms with van der Waals surface area (Å²) in [6.07, 6.45) is 2.19. The predicted octanol–water partition coefficient (Wildman–Crippen LogP) is 5.60. The number of nitrogens with zero attached hydrogens (tertiary/aromatic N) is 3. The van der Waals surface area contributed by atoms with Gasteiger partial charge in [0.15, 0.2) is 0 Å². The van der Waals surface area contributed by atoms with Gasteiger partial charge in [0.1, 0.15) is 29.1 Å². The van der Waals surface area contributed by atoms with E-state index < -0.39 is 30.2 Å². The molecule has 0 radical (unpaired) electrons. The van der Waals surface area contributed by atoms with Crippen LogP contribution in [-0.2, 0) is 19.5 Å². The fourth-order valence-electron chi connectivity index (χ4n) is 5.29. The smallest absolute Gasteiger partial charge is 0.412 e. The number of pyridine rings is 2. The highest BCUT2D eigenvalue weighted by Crippen LogP contribution is 2.43. The van der Waals surface area contributed by atoms with Gasteiger partial charge in [-0.25, -0.2) is 14.8 Å². The van der Waals surface area contributed by atoms with Gasteiger partial charge in [0, 0.05) is 32.4 Å². The maximum Gasteiger partial charge on any atom is 0.412 e. The van der Waals surface area contributed by atoms with Crippen LogP contribution in [0.3, 0.4) is 0 Å². The van der Waals surface area contributed by atoms with Gasteiger partial charge < -0.3 is 24.8 Å². The number of nitrogens with one attached hydrogen (secondary N) is 3. The Morgan fingerprint density at radius 2 is 1.69 bits per heavy atom. The first-order chi connectivity index (χ1) is 20.9. The van der Waals surface area contributed by atoms with Crippen LogP contribution < -0.4 is 26.2 Å². The van der Waals surface area contributed by atoms with Gasteiger partial charge in [-0.1, -0.05) is 49.7 Å². The van der Waals surface area contributed by atoms with Crippen LogP contribution in [0.2, 0.25) is 5.15 Å². The Bertz CT molecular complexity index is 1680. The fourth-order valence-corrected chi connectivity index (χ4v) is 6.48. The van der Waals surface area contributed by atoms with E-state index >= 15 is 0 Å². The molecule has 0 unspecified atom stereocenters. The van der Waals surface area contributed by atoms with E-state index in [0.717, 1.165) is 11.1 Å². The van der Waals surface area contributed by atoms with Crippen molar-refractivity contribution < 1.29 is 23.7 Å². The minimum absolute atomic E-state index is 0.121. The molecule has 13 heteroatoms. The van der Waals surface area contributed by atoms with Gasteiger partial charge in [-0.3, -0.25) is 14.9 Å². The second kappa shape index (κ2) is 12.8. The van der Waals surface area contributed by atoms with Gasteiger partial charge in [0.05, 0.1) is 28.4 Å². The summed E-state index contributed by atoms with van der Waals surface area (Å²) in [7, 11) is -1.34. The topological polar surface area (TPSA) is 143 Å². The first-order valence-corrected chi connectivity index (χ1v) is 17.5. The summed E-state index contributed by atoms with van der Waals surface area (Å²) in [6.45, 7) is 13.1. The molecule has 3 amide bonds. The Morgan fingerprint density at radius 1 is 1.02 bits per heavy atom. The number of ether oxygens (including phenoxy) is 1. The Kier molecular flexibility index (Phi) is 9.66. The molecular formula is C32H40ClN6O5P. The van der Waals surface area contributed by atoms with Crippen LogP contribution >= 0.6 is 18.7 Å². The Hall–Kier alpha value is -3.95. The summed E-state index contributed by atoms with van der Waals surface area (Å²) < 4.78 is 18.5. The Morgan fingerprint density at radius 3 is 2.29 bits per heavy atom. The molecule has 0 atom stereocenters. The van der Waals surface area contributed by atoms with E-state index in [0.29, 0.717) is 16.8 Å². The van der Waals surface area contributed by atoms with Gasteiger partial charge in [0.25, 0.3) is 5.91 Å². The van der Waals surface area contributed by atoms with E-state index in [9.17, 15) is 18.9 Å². The normalized spacial score (nSPS) is 14.4. The van der Waals surface area contributed by atoms with Gasteiger partial charge in [-0.15, -0.1) is 0 Å². The van der Waals surface area contributed by atoms with Gasteiger partial charge in [-0.05, 0) is 57.2 Å². The van der Waals surface area contributed by atoms with Crippen molar-refractivity contribution in [1.29, 1.82) is 0 Å². The number of aromatic nitrogens is 2. The molecule has 1 aliphatic rings. The van der Waals surface area contributed by atoms with Crippen LogP contribution in [0, 0.1) is 0 Å². The average Bonchev–Trinajstić information content (AvgIpc) is 2.91. The molecule has 2 aromatic heterocycles. The molecule has 1 aromatic carbocycles. The number of hydrogen-bond acceptors (Lipinski definition) is 8. The third kappa shape index (κ3) is 7.48. The van der Waals surface area contributed by atoms with E-state index in [1.807, 2.05) is 29.2 Å². The maximum absolute atomic E-state index is 14.3. The number of rotatable bonds is 8. The van der Waals surface area contributed by atoms with E-state index in [-0.39, 0.29) is 41.3 Å². The van der Waals surface area contributed by atoms with E-state index in [1.54, 1.807) is 40.2 Å². The van der Waals surface area contributed by atoms with Crippen LogP contribution in [-0.4, -0.2) is 66.9 Å². The third-order valence-electron chi connectivity index (χ3n) is 7.45. The van der Waals surface area contributed by atoms with Crippen molar-refractivity contribution in [2.45, 2.75) is 51.6 Å². The molecule has 3 aromatic rings. The number of halogens is 1. The summed E-state index contributed by atoms with van der Waals surface area (Å²) in [5.41, 5.74) is 0.867. The molecule has 45 heavy (non-hydrogen) atoms. The highest BCUT2D eigenvalue weighted by atomic mass is 35.5. The average molecular weight is 655 g/mol. The second-order valence-corrected chi connectivity index (χ2v) is 16.4. The van der Waals surface area contributed by atoms with Crippen LogP contribution in [0.4, 0.5) is 22.0 Å². The minimum atomic E-state index is -2.83. The molecule has 11 nitrogen and oxygen atoms in total. The van der Waals surface area contributed by atoms with Crippen molar-refractivity contribution in [2.24, 2.45) is 0 Å². The number of carbonyl (C=O) groups excluding carboxylic acids is 3. The first-order valence-electron chi connectivity index (χ1n) is 14.5. The number of carbonyl (C=O) groups is 3. The van der Waals surface area contributed by atoms with E-state index in [1.165, 1.54) is 25.5 Å². The molecule has 4 rings (SSSR count). The highest BCUT2D eigenvalue weighted by molar-refractivity contribution is 7.70. The molecule has 1 fully saturated rings. The van der Waals surface area contributed by atoms with Crippen molar-refractivity contribution in [1.82, 2.24) is 15.3 Å². The molecular weight excluding hydrogens is 615 g/mol. The second-order valence-electron chi connectivity index (χ2n) is 12.8. The van der Waals surface area contributed by atoms with Crippen molar-refractivity contribution in [3.05, 3.63) is 70.6 Å². The SMILES string of the molecule is CNC(=O)c1cc(Cl)ncc1NC(=O)C1(c2ccccc2C(C)C)CN(c2cc(NC(=O)OC(C)(C)C)c(P(C)(C)=O)cn2)C1. The molecule has 0 saturated carbocycles. The summed E-state index contributed by atoms with van der Waals surface area (Å²) in [5.74, 6) is -0.122. The van der Waals surface area contributed by atoms with Gasteiger partial charge >= 0.3 is 6.09 Å². The lowest BCUT2D eigenvalue weighted by molar-refractivity contribution is -0.122. The van der Waals surface area contributed by atoms with E-state index in [4.69, 9.17) is 16.3 Å². The van der Waals surface area contributed by atoms with Crippen LogP contribution in [0.15, 0.2) is 48.8 Å². The quantitative estimate of drug-likeness (QED) is 0.210. The molecule has 240 valence electrons. The lowest BCUT2D eigenvalue weighted by atomic mass is 9.69. The minimum Gasteiger partial charge on any atom is -0.444 e. The number of anilines is 3. The van der Waals surface area contributed by atoms with Gasteiger partial charge in [0.2, 0.25) is 5.91 Å². The Labute approximate surface area is 268 Å². The Balaban J connectivity index is 1.74. The lowest BCUT2D eigenvalue weighted by Gasteiger charge is -2.50. The van der Waals surface area contributed by atoms with Crippen LogP contribution in [0.1, 0.15) is 62.0 Å². The summed E-state index contributed by atoms with van der Waals surface area (Å²) in [5, 5.41) is 8.78. The monoisotopic (exact) mass is 654 g/mol. The molecule has 1 saturated heterocycles. The van der Waals surface area contributed by atoms with Crippen LogP contribution in [0.5, 0.6) is 0 Å². The van der Waals surface area contributed by atoms with Crippen molar-refractivity contribution >= 4 is 59.1 Å². The number of hydrogen-bond donors (Lipinski definition) is 3. The molecule has 0 bridgehead atoms. The summed E-state index contributed by atoms with van der Waals surface area (Å²) in [4.78, 5) is 50.2. The van der Waals surface area contributed by atoms with Gasteiger partial charge in [-0.2, -0.15) is 0 Å². The number of benzene rings is 1. The fraction of sp³-hybridized carbons (Fsp3) is 0.406. The molecule has 0 aliphatic carbocycles. The summed E-state index contributed by atoms with van der Waals surface area (Å²) >= 11 is 6.07. The highest BCUT2D eigenvalue weighted by Gasteiger charge is 2.52. The predicted molar refractivity (Wildman–Crippen MR) is 179 cm³/mol. The zero-order chi connectivity index (χ0) is 33.3. The maximum atomic E-state index is 14.3. The third-order valence-corrected chi connectivity index (χ3v) is 9.18.